The molecule has 0 saturated carbocycles. The number of non-ortho nitro benzene ring substituents is 1. The molecular formula is C28H29N3O5. The molecule has 36 heavy (non-hydrogen) atoms. The third-order valence-corrected chi connectivity index (χ3v) is 6.17. The van der Waals surface area contributed by atoms with Crippen LogP contribution in [-0.4, -0.2) is 42.1 Å². The van der Waals surface area contributed by atoms with E-state index >= 15 is 0 Å². The molecule has 0 bridgehead atoms. The lowest BCUT2D eigenvalue weighted by molar-refractivity contribution is -0.384. The summed E-state index contributed by atoms with van der Waals surface area (Å²) >= 11 is 0. The average molecular weight is 488 g/mol. The van der Waals surface area contributed by atoms with Crippen LogP contribution in [0.4, 0.5) is 11.4 Å². The first-order valence-corrected chi connectivity index (χ1v) is 11.9. The van der Waals surface area contributed by atoms with Gasteiger partial charge in [0.15, 0.2) is 11.5 Å². The van der Waals surface area contributed by atoms with Gasteiger partial charge in [-0.2, -0.15) is 0 Å². The predicted octanol–water partition coefficient (Wildman–Crippen LogP) is 5.87. The highest BCUT2D eigenvalue weighted by Crippen LogP contribution is 2.29. The van der Waals surface area contributed by atoms with Crippen LogP contribution in [0.2, 0.25) is 0 Å². The molecule has 0 atom stereocenters. The van der Waals surface area contributed by atoms with Crippen LogP contribution in [0.3, 0.4) is 0 Å². The highest BCUT2D eigenvalue weighted by molar-refractivity contribution is 5.94. The number of nitro groups is 1. The summed E-state index contributed by atoms with van der Waals surface area (Å²) in [5.41, 5.74) is 3.87. The second kappa shape index (κ2) is 11.5. The van der Waals surface area contributed by atoms with Crippen molar-refractivity contribution < 1.29 is 19.2 Å². The van der Waals surface area contributed by atoms with Crippen LogP contribution in [-0.2, 0) is 6.61 Å². The van der Waals surface area contributed by atoms with Gasteiger partial charge in [-0.05, 0) is 79.3 Å². The van der Waals surface area contributed by atoms with Crippen LogP contribution in [0.1, 0.15) is 46.3 Å². The molecule has 186 valence electrons. The molecule has 1 amide bonds. The summed E-state index contributed by atoms with van der Waals surface area (Å²) in [7, 11) is 1.57. The van der Waals surface area contributed by atoms with Gasteiger partial charge < -0.3 is 14.4 Å². The lowest BCUT2D eigenvalue weighted by Crippen LogP contribution is -2.35. The number of hydrogen-bond donors (Lipinski definition) is 0. The molecule has 0 spiro atoms. The zero-order valence-electron chi connectivity index (χ0n) is 20.5. The van der Waals surface area contributed by atoms with E-state index < -0.39 is 4.92 Å². The van der Waals surface area contributed by atoms with Crippen LogP contribution in [0.15, 0.2) is 65.7 Å². The molecule has 0 N–H and O–H groups in total. The van der Waals surface area contributed by atoms with Gasteiger partial charge in [0.25, 0.3) is 11.6 Å². The number of likely N-dealkylation sites (tertiary alicyclic amines) is 1. The van der Waals surface area contributed by atoms with Gasteiger partial charge in [0.05, 0.1) is 17.7 Å². The molecule has 3 aromatic rings. The van der Waals surface area contributed by atoms with Crippen molar-refractivity contribution in [2.45, 2.75) is 32.8 Å². The van der Waals surface area contributed by atoms with Crippen LogP contribution < -0.4 is 9.47 Å². The van der Waals surface area contributed by atoms with Gasteiger partial charge in [-0.3, -0.25) is 19.9 Å². The molecule has 0 radical (unpaired) electrons. The monoisotopic (exact) mass is 487 g/mol. The number of aliphatic imine (C=N–C) groups is 1. The van der Waals surface area contributed by atoms with E-state index in [-0.39, 0.29) is 11.6 Å². The Morgan fingerprint density at radius 1 is 1.03 bits per heavy atom. The summed E-state index contributed by atoms with van der Waals surface area (Å²) in [5, 5.41) is 10.9. The molecule has 8 nitrogen and oxygen atoms in total. The van der Waals surface area contributed by atoms with Gasteiger partial charge in [0, 0.05) is 37.0 Å². The molecule has 0 aliphatic carbocycles. The molecule has 1 fully saturated rings. The molecule has 1 heterocycles. The number of methoxy groups -OCH3 is 1. The van der Waals surface area contributed by atoms with Crippen molar-refractivity contribution >= 4 is 23.5 Å². The number of amides is 1. The highest BCUT2D eigenvalue weighted by Gasteiger charge is 2.18. The zero-order chi connectivity index (χ0) is 25.5. The molecule has 3 aromatic carbocycles. The number of carbonyl (C=O) groups excluding carboxylic acids is 1. The van der Waals surface area contributed by atoms with Crippen LogP contribution in [0.5, 0.6) is 11.5 Å². The summed E-state index contributed by atoms with van der Waals surface area (Å²) in [6.45, 7) is 3.78. The van der Waals surface area contributed by atoms with E-state index in [0.29, 0.717) is 29.4 Å². The molecule has 1 saturated heterocycles. The van der Waals surface area contributed by atoms with Gasteiger partial charge in [-0.1, -0.05) is 12.1 Å². The first-order valence-electron chi connectivity index (χ1n) is 11.9. The number of ether oxygens (including phenoxy) is 2. The topological polar surface area (TPSA) is 94.3 Å². The number of carbonyl (C=O) groups is 1. The average Bonchev–Trinajstić information content (AvgIpc) is 2.91. The summed E-state index contributed by atoms with van der Waals surface area (Å²) in [6, 6.07) is 17.6. The van der Waals surface area contributed by atoms with E-state index in [1.807, 2.05) is 47.4 Å². The fraction of sp³-hybridized carbons (Fsp3) is 0.286. The van der Waals surface area contributed by atoms with Crippen LogP contribution in [0, 0.1) is 17.0 Å². The maximum Gasteiger partial charge on any atom is 0.269 e. The number of nitro benzene ring substituents is 1. The van der Waals surface area contributed by atoms with Crippen LogP contribution >= 0.6 is 0 Å². The summed E-state index contributed by atoms with van der Waals surface area (Å²) in [5.74, 6) is 1.25. The lowest BCUT2D eigenvalue weighted by atomic mass is 10.1. The van der Waals surface area contributed by atoms with Crippen molar-refractivity contribution in [2.24, 2.45) is 4.99 Å². The van der Waals surface area contributed by atoms with Gasteiger partial charge in [-0.15, -0.1) is 0 Å². The Labute approximate surface area is 210 Å². The predicted molar refractivity (Wildman–Crippen MR) is 139 cm³/mol. The largest absolute Gasteiger partial charge is 0.493 e. The minimum atomic E-state index is -0.423. The summed E-state index contributed by atoms with van der Waals surface area (Å²) in [6.07, 6.45) is 5.01. The molecule has 4 rings (SSSR count). The van der Waals surface area contributed by atoms with E-state index in [1.54, 1.807) is 26.3 Å². The molecule has 0 unspecified atom stereocenters. The minimum Gasteiger partial charge on any atom is -0.493 e. The maximum absolute atomic E-state index is 12.7. The highest BCUT2D eigenvalue weighted by atomic mass is 16.6. The summed E-state index contributed by atoms with van der Waals surface area (Å²) in [4.78, 5) is 29.5. The standard InChI is InChI=1S/C28H29N3O5/c1-20-16-24(31(33)34)11-12-25(20)29-18-22-8-13-26(27(17-22)35-2)36-19-21-6-9-23(10-7-21)28(32)30-14-4-3-5-15-30/h6-13,16-18H,3-5,14-15,19H2,1-2H3. The third-order valence-electron chi connectivity index (χ3n) is 6.17. The van der Waals surface area contributed by atoms with E-state index in [2.05, 4.69) is 4.99 Å². The van der Waals surface area contributed by atoms with Gasteiger partial charge in [0.1, 0.15) is 6.61 Å². The fourth-order valence-corrected chi connectivity index (χ4v) is 4.11. The molecule has 1 aliphatic heterocycles. The SMILES string of the molecule is COc1cc(C=Nc2ccc([N+](=O)[O-])cc2C)ccc1OCc1ccc(C(=O)N2CCCCC2)cc1. The Morgan fingerprint density at radius 3 is 2.44 bits per heavy atom. The van der Waals surface area contributed by atoms with Crippen molar-refractivity contribution in [3.63, 3.8) is 0 Å². The smallest absolute Gasteiger partial charge is 0.269 e. The molecule has 1 aliphatic rings. The normalized spacial score (nSPS) is 13.6. The Balaban J connectivity index is 1.39. The number of rotatable bonds is 8. The zero-order valence-corrected chi connectivity index (χ0v) is 20.5. The maximum atomic E-state index is 12.7. The molecule has 8 heteroatoms. The van der Waals surface area contributed by atoms with Crippen molar-refractivity contribution in [1.82, 2.24) is 4.90 Å². The fourth-order valence-electron chi connectivity index (χ4n) is 4.11. The van der Waals surface area contributed by atoms with Crippen molar-refractivity contribution in [2.75, 3.05) is 20.2 Å². The Bertz CT molecular complexity index is 1260. The van der Waals surface area contributed by atoms with E-state index in [4.69, 9.17) is 9.47 Å². The quantitative estimate of drug-likeness (QED) is 0.225. The Morgan fingerprint density at radius 2 is 1.78 bits per heavy atom. The van der Waals surface area contributed by atoms with E-state index in [1.165, 1.54) is 18.6 Å². The summed E-state index contributed by atoms with van der Waals surface area (Å²) < 4.78 is 11.5. The van der Waals surface area contributed by atoms with Gasteiger partial charge in [-0.25, -0.2) is 0 Å². The van der Waals surface area contributed by atoms with E-state index in [0.717, 1.165) is 42.6 Å². The van der Waals surface area contributed by atoms with E-state index in [9.17, 15) is 14.9 Å². The second-order valence-electron chi connectivity index (χ2n) is 8.73. The van der Waals surface area contributed by atoms with Gasteiger partial charge >= 0.3 is 0 Å². The number of hydrogen-bond acceptors (Lipinski definition) is 6. The second-order valence-corrected chi connectivity index (χ2v) is 8.73. The first-order chi connectivity index (χ1) is 17.4. The number of nitrogens with zero attached hydrogens (tertiary/aromatic N) is 3. The first kappa shape index (κ1) is 24.9. The number of aryl methyl sites for hydroxylation is 1. The van der Waals surface area contributed by atoms with Crippen molar-refractivity contribution in [3.8, 4) is 11.5 Å². The number of benzene rings is 3. The van der Waals surface area contributed by atoms with Crippen molar-refractivity contribution in [1.29, 1.82) is 0 Å². The third kappa shape index (κ3) is 6.07. The Kier molecular flexibility index (Phi) is 7.95. The van der Waals surface area contributed by atoms with Crippen molar-refractivity contribution in [3.05, 3.63) is 93.0 Å². The lowest BCUT2D eigenvalue weighted by Gasteiger charge is -2.26. The Hall–Kier alpha value is -4.20. The minimum absolute atomic E-state index is 0.0397. The van der Waals surface area contributed by atoms with Crippen LogP contribution in [0.25, 0.3) is 0 Å². The molecule has 0 aromatic heterocycles. The van der Waals surface area contributed by atoms with Gasteiger partial charge in [0.2, 0.25) is 0 Å². The number of piperidine rings is 1. The molecular weight excluding hydrogens is 458 g/mol.